The standard InChI is InChI=1S/C58H42N2.C54H40N2/c1-57(2)50-18-10-7-14-41(50)43-27-25-37(31-52(43)57)48-34-55(38-26-28-44-42-15-8-11-19-51(42)58(3,4)53(44)32-38)60-56-46-17-6-5-13-40(46)47(33-49(48)56)36-23-21-35(22-24-36)39-29-30-59-54-20-12-9-16-45(39)54;1-53(2)47-15-9-7-12-39(47)41-23-21-36(29-49(41)53)45-32-51(37-22-24-42-40-13-8-10-16-48(40)54(3,4)50(42)30-37)56-52-43-14-6-5-11-38(43)44(31-46(45)52)35-19-17-33(18-20-35)34-25-27-55-28-26-34/h5-34H,1-4H3;5-32H,1-4H3. The summed E-state index contributed by atoms with van der Waals surface area (Å²) in [5.41, 5.74) is 42.8. The van der Waals surface area contributed by atoms with Gasteiger partial charge in [-0.1, -0.05) is 316 Å². The van der Waals surface area contributed by atoms with Crippen molar-refractivity contribution in [3.8, 4) is 134 Å². The Morgan fingerprint density at radius 2 is 0.474 bits per heavy atom. The van der Waals surface area contributed by atoms with E-state index in [4.69, 9.17) is 9.97 Å². The van der Waals surface area contributed by atoms with Gasteiger partial charge in [-0.15, -0.1) is 0 Å². The third-order valence-corrected chi connectivity index (χ3v) is 26.6. The molecule has 4 aromatic heterocycles. The second kappa shape index (κ2) is 25.9. The van der Waals surface area contributed by atoms with E-state index in [2.05, 4.69) is 393 Å². The van der Waals surface area contributed by atoms with Crippen LogP contribution in [0.1, 0.15) is 99.9 Å². The molecule has 550 valence electrons. The first kappa shape index (κ1) is 69.0. The molecule has 15 aromatic carbocycles. The van der Waals surface area contributed by atoms with Gasteiger partial charge in [0.2, 0.25) is 0 Å². The summed E-state index contributed by atoms with van der Waals surface area (Å²) in [5, 5.41) is 8.17. The van der Waals surface area contributed by atoms with Gasteiger partial charge in [-0.3, -0.25) is 9.97 Å². The van der Waals surface area contributed by atoms with Gasteiger partial charge >= 0.3 is 0 Å². The van der Waals surface area contributed by atoms with Crippen LogP contribution in [0.5, 0.6) is 0 Å². The van der Waals surface area contributed by atoms with Crippen molar-refractivity contribution in [2.75, 3.05) is 0 Å². The van der Waals surface area contributed by atoms with E-state index in [9.17, 15) is 0 Å². The van der Waals surface area contributed by atoms with Crippen LogP contribution >= 0.6 is 0 Å². The van der Waals surface area contributed by atoms with E-state index in [0.717, 1.165) is 71.6 Å². The van der Waals surface area contributed by atoms with Crippen LogP contribution in [-0.4, -0.2) is 19.9 Å². The average Bonchev–Trinajstić information content (AvgIpc) is 1.17. The number of aromatic nitrogens is 4. The van der Waals surface area contributed by atoms with Crippen LogP contribution in [0.3, 0.4) is 0 Å². The van der Waals surface area contributed by atoms with Crippen molar-refractivity contribution in [3.63, 3.8) is 0 Å². The number of hydrogen-bond donors (Lipinski definition) is 0. The number of rotatable bonds is 8. The molecule has 4 aliphatic carbocycles. The van der Waals surface area contributed by atoms with E-state index >= 15 is 0 Å². The summed E-state index contributed by atoms with van der Waals surface area (Å²) in [7, 11) is 0. The molecule has 0 N–H and O–H groups in total. The summed E-state index contributed by atoms with van der Waals surface area (Å²) >= 11 is 0. The SMILES string of the molecule is CC1(C)c2ccccc2-c2ccc(-c3cc(-c4ccc5c(c4)C(C)(C)c4ccccc4-5)c4cc(-c5ccc(-c6ccnc7ccccc67)cc5)c5ccccc5c4n3)cc21.CC1(C)c2ccccc2-c2ccc(-c3cc(-c4ccc5c(c4)C(C)(C)c4ccccc4-5)c4cc(-c5ccc(-c6ccncc6)cc5)c5ccccc5c4n3)cc21. The van der Waals surface area contributed by atoms with Crippen molar-refractivity contribution >= 4 is 54.3 Å². The summed E-state index contributed by atoms with van der Waals surface area (Å²) in [6.07, 6.45) is 5.61. The molecular formula is C112H82N4. The van der Waals surface area contributed by atoms with Crippen LogP contribution in [0.2, 0.25) is 0 Å². The Hall–Kier alpha value is -13.8. The van der Waals surface area contributed by atoms with Crippen LogP contribution in [0.25, 0.3) is 188 Å². The number of para-hydroxylation sites is 1. The largest absolute Gasteiger partial charge is 0.265 e. The highest BCUT2D eigenvalue weighted by molar-refractivity contribution is 6.18. The maximum absolute atomic E-state index is 5.63. The molecule has 0 amide bonds. The van der Waals surface area contributed by atoms with E-state index in [0.29, 0.717) is 0 Å². The fourth-order valence-corrected chi connectivity index (χ4v) is 20.4. The zero-order valence-corrected chi connectivity index (χ0v) is 66.3. The van der Waals surface area contributed by atoms with Crippen LogP contribution in [-0.2, 0) is 21.7 Å². The Balaban J connectivity index is 0.000000141. The average molecular weight is 1480 g/mol. The molecule has 0 fully saturated rings. The van der Waals surface area contributed by atoms with Gasteiger partial charge in [-0.05, 0) is 239 Å². The molecule has 19 aromatic rings. The number of benzene rings is 15. The molecule has 0 aliphatic heterocycles. The normalized spacial score (nSPS) is 14.3. The number of nitrogens with zero attached hydrogens (tertiary/aromatic N) is 4. The molecular weight excluding hydrogens is 1400 g/mol. The van der Waals surface area contributed by atoms with Gasteiger partial charge in [0.05, 0.1) is 27.9 Å². The minimum Gasteiger partial charge on any atom is -0.265 e. The maximum atomic E-state index is 5.63. The van der Waals surface area contributed by atoms with Gasteiger partial charge in [-0.25, -0.2) is 9.97 Å². The minimum absolute atomic E-state index is 0.100. The van der Waals surface area contributed by atoms with E-state index in [1.165, 1.54) is 161 Å². The zero-order chi connectivity index (χ0) is 78.1. The monoisotopic (exact) mass is 1480 g/mol. The molecule has 4 nitrogen and oxygen atoms in total. The predicted molar refractivity (Wildman–Crippen MR) is 485 cm³/mol. The first-order chi connectivity index (χ1) is 56.5. The molecule has 0 spiro atoms. The Labute approximate surface area is 677 Å². The van der Waals surface area contributed by atoms with Crippen LogP contribution in [0, 0.1) is 0 Å². The topological polar surface area (TPSA) is 51.6 Å². The van der Waals surface area contributed by atoms with Gasteiger partial charge in [0.15, 0.2) is 0 Å². The van der Waals surface area contributed by atoms with Gasteiger partial charge in [0, 0.05) is 78.3 Å². The van der Waals surface area contributed by atoms with E-state index in [-0.39, 0.29) is 21.7 Å². The Morgan fingerprint density at radius 3 is 0.879 bits per heavy atom. The molecule has 0 bridgehead atoms. The highest BCUT2D eigenvalue weighted by Crippen LogP contribution is 2.56. The lowest BCUT2D eigenvalue weighted by Crippen LogP contribution is -2.15. The second-order valence-electron chi connectivity index (χ2n) is 34.3. The highest BCUT2D eigenvalue weighted by Gasteiger charge is 2.40. The molecule has 0 saturated heterocycles. The first-order valence-corrected chi connectivity index (χ1v) is 40.7. The predicted octanol–water partition coefficient (Wildman–Crippen LogP) is 29.3. The summed E-state index contributed by atoms with van der Waals surface area (Å²) < 4.78 is 0. The lowest BCUT2D eigenvalue weighted by molar-refractivity contribution is 0.660. The molecule has 0 radical (unpaired) electrons. The summed E-state index contributed by atoms with van der Waals surface area (Å²) in [6.45, 7) is 18.9. The molecule has 0 atom stereocenters. The molecule has 116 heavy (non-hydrogen) atoms. The lowest BCUT2D eigenvalue weighted by atomic mass is 9.81. The molecule has 0 saturated carbocycles. The summed E-state index contributed by atoms with van der Waals surface area (Å²) in [5.74, 6) is 0. The third kappa shape index (κ3) is 10.6. The first-order valence-electron chi connectivity index (χ1n) is 40.7. The van der Waals surface area contributed by atoms with Crippen molar-refractivity contribution in [1.82, 2.24) is 19.9 Å². The van der Waals surface area contributed by atoms with Crippen LogP contribution < -0.4 is 0 Å². The van der Waals surface area contributed by atoms with Crippen LogP contribution in [0.15, 0.2) is 352 Å². The van der Waals surface area contributed by atoms with Crippen molar-refractivity contribution in [2.24, 2.45) is 0 Å². The molecule has 4 heterocycles. The fourth-order valence-electron chi connectivity index (χ4n) is 20.4. The Kier molecular flexibility index (Phi) is 15.4. The summed E-state index contributed by atoms with van der Waals surface area (Å²) in [4.78, 5) is 20.1. The van der Waals surface area contributed by atoms with E-state index in [1.54, 1.807) is 0 Å². The number of fused-ring (bicyclic) bond motifs is 19. The quantitative estimate of drug-likeness (QED) is 0.142. The van der Waals surface area contributed by atoms with Gasteiger partial charge < -0.3 is 0 Å². The van der Waals surface area contributed by atoms with Crippen molar-refractivity contribution in [3.05, 3.63) is 397 Å². The van der Waals surface area contributed by atoms with Crippen LogP contribution in [0.4, 0.5) is 0 Å². The van der Waals surface area contributed by atoms with Crippen molar-refractivity contribution in [1.29, 1.82) is 0 Å². The molecule has 4 aliphatic rings. The molecule has 0 unspecified atom stereocenters. The minimum atomic E-state index is -0.117. The Bertz CT molecular complexity index is 7360. The van der Waals surface area contributed by atoms with Gasteiger partial charge in [-0.2, -0.15) is 0 Å². The zero-order valence-electron chi connectivity index (χ0n) is 66.3. The van der Waals surface area contributed by atoms with Crippen molar-refractivity contribution < 1.29 is 0 Å². The Morgan fingerprint density at radius 1 is 0.181 bits per heavy atom. The highest BCUT2D eigenvalue weighted by atomic mass is 14.7. The van der Waals surface area contributed by atoms with E-state index in [1.807, 2.05) is 24.7 Å². The van der Waals surface area contributed by atoms with Gasteiger partial charge in [0.1, 0.15) is 0 Å². The van der Waals surface area contributed by atoms with E-state index < -0.39 is 0 Å². The second-order valence-corrected chi connectivity index (χ2v) is 34.3. The van der Waals surface area contributed by atoms with Gasteiger partial charge in [0.25, 0.3) is 0 Å². The fraction of sp³-hybridized carbons (Fsp3) is 0.107. The molecule has 23 rings (SSSR count). The molecule has 4 heteroatoms. The summed E-state index contributed by atoms with van der Waals surface area (Å²) in [6, 6.07) is 124. The lowest BCUT2D eigenvalue weighted by Gasteiger charge is -2.23. The number of pyridine rings is 4. The number of hydrogen-bond acceptors (Lipinski definition) is 4. The third-order valence-electron chi connectivity index (χ3n) is 26.6. The van der Waals surface area contributed by atoms with Crippen molar-refractivity contribution in [2.45, 2.75) is 77.0 Å². The smallest absolute Gasteiger partial charge is 0.0794 e. The maximum Gasteiger partial charge on any atom is 0.0794 e.